The van der Waals surface area contributed by atoms with E-state index in [1.165, 1.54) is 0 Å². The lowest BCUT2D eigenvalue weighted by atomic mass is 10.5. The Bertz CT molecular complexity index is 219. The summed E-state index contributed by atoms with van der Waals surface area (Å²) in [5.74, 6) is 2.06. The van der Waals surface area contributed by atoms with Crippen molar-refractivity contribution in [3.63, 3.8) is 0 Å². The first-order chi connectivity index (χ1) is 5.21. The fourth-order valence-corrected chi connectivity index (χ4v) is 6.66. The largest absolute Gasteiger partial charge is 0.227 e. The van der Waals surface area contributed by atoms with Crippen LogP contribution in [-0.4, -0.2) is 29.1 Å². The van der Waals surface area contributed by atoms with Crippen LogP contribution >= 0.6 is 23.5 Å². The van der Waals surface area contributed by atoms with Crippen LogP contribution < -0.4 is 0 Å². The summed E-state index contributed by atoms with van der Waals surface area (Å²) >= 11 is 3.18. The molecule has 5 heteroatoms. The summed E-state index contributed by atoms with van der Waals surface area (Å²) in [6.07, 6.45) is 1.76. The zero-order valence-corrected chi connectivity index (χ0v) is 8.47. The first-order valence-corrected chi connectivity index (χ1v) is 7.38. The summed E-state index contributed by atoms with van der Waals surface area (Å²) in [7, 11) is -2.74. The third-order valence-corrected chi connectivity index (χ3v) is 8.57. The molecule has 2 saturated heterocycles. The van der Waals surface area contributed by atoms with E-state index in [2.05, 4.69) is 0 Å². The van der Waals surface area contributed by atoms with E-state index in [1.54, 1.807) is 23.5 Å². The number of hydrogen-bond acceptors (Lipinski definition) is 4. The summed E-state index contributed by atoms with van der Waals surface area (Å²) in [5, 5.41) is 0. The second kappa shape index (κ2) is 2.85. The Morgan fingerprint density at radius 1 is 1.00 bits per heavy atom. The SMILES string of the molecule is O=S(=O)(C1CCS1)C1CCS1. The van der Waals surface area contributed by atoms with Crippen molar-refractivity contribution < 1.29 is 8.42 Å². The average molecular weight is 210 g/mol. The number of sulfone groups is 1. The molecule has 11 heavy (non-hydrogen) atoms. The van der Waals surface area contributed by atoms with Gasteiger partial charge in [-0.3, -0.25) is 0 Å². The van der Waals surface area contributed by atoms with E-state index < -0.39 is 9.84 Å². The molecule has 2 heterocycles. The smallest absolute Gasteiger partial charge is 0.174 e. The zero-order chi connectivity index (χ0) is 7.90. The highest BCUT2D eigenvalue weighted by molar-refractivity contribution is 8.21. The van der Waals surface area contributed by atoms with Gasteiger partial charge in [0, 0.05) is 0 Å². The molecule has 0 amide bonds. The molecule has 0 radical (unpaired) electrons. The summed E-state index contributed by atoms with van der Waals surface area (Å²) in [5.41, 5.74) is 0. The molecule has 2 rings (SSSR count). The maximum Gasteiger partial charge on any atom is 0.174 e. The maximum atomic E-state index is 11.6. The van der Waals surface area contributed by atoms with Crippen LogP contribution in [0.1, 0.15) is 12.8 Å². The first-order valence-electron chi connectivity index (χ1n) is 3.67. The second-order valence-electron chi connectivity index (χ2n) is 2.77. The van der Waals surface area contributed by atoms with E-state index in [9.17, 15) is 8.42 Å². The molecule has 0 aromatic rings. The van der Waals surface area contributed by atoms with Crippen LogP contribution in [0.4, 0.5) is 0 Å². The van der Waals surface area contributed by atoms with Crippen molar-refractivity contribution in [2.24, 2.45) is 0 Å². The van der Waals surface area contributed by atoms with Gasteiger partial charge >= 0.3 is 0 Å². The Morgan fingerprint density at radius 2 is 1.36 bits per heavy atom. The van der Waals surface area contributed by atoms with Crippen LogP contribution in [0.5, 0.6) is 0 Å². The van der Waals surface area contributed by atoms with E-state index in [-0.39, 0.29) is 9.16 Å². The Kier molecular flexibility index (Phi) is 2.14. The third kappa shape index (κ3) is 1.31. The molecule has 2 nitrogen and oxygen atoms in total. The van der Waals surface area contributed by atoms with Crippen molar-refractivity contribution >= 4 is 33.4 Å². The van der Waals surface area contributed by atoms with Crippen molar-refractivity contribution in [3.05, 3.63) is 0 Å². The lowest BCUT2D eigenvalue weighted by molar-refractivity contribution is 0.583. The molecule has 0 N–H and O–H groups in total. The minimum atomic E-state index is -2.74. The highest BCUT2D eigenvalue weighted by Gasteiger charge is 2.41. The number of thioether (sulfide) groups is 2. The van der Waals surface area contributed by atoms with Gasteiger partial charge in [0.25, 0.3) is 0 Å². The Morgan fingerprint density at radius 3 is 1.55 bits per heavy atom. The highest BCUT2D eigenvalue weighted by Crippen LogP contribution is 2.42. The van der Waals surface area contributed by atoms with Crippen LogP contribution in [-0.2, 0) is 9.84 Å². The lowest BCUT2D eigenvalue weighted by Crippen LogP contribution is -2.37. The molecule has 2 aliphatic heterocycles. The molecule has 2 atom stereocenters. The number of hydrogen-bond donors (Lipinski definition) is 0. The minimum Gasteiger partial charge on any atom is -0.227 e. The lowest BCUT2D eigenvalue weighted by Gasteiger charge is -2.32. The van der Waals surface area contributed by atoms with Crippen molar-refractivity contribution in [1.29, 1.82) is 0 Å². The normalized spacial score (nSPS) is 37.5. The molecule has 0 aliphatic carbocycles. The van der Waals surface area contributed by atoms with Gasteiger partial charge < -0.3 is 0 Å². The average Bonchev–Trinajstić information content (AvgIpc) is 1.46. The van der Waals surface area contributed by atoms with Gasteiger partial charge in [-0.15, -0.1) is 23.5 Å². The highest BCUT2D eigenvalue weighted by atomic mass is 32.3. The standard InChI is InChI=1S/C6H10O2S3/c7-11(8,5-1-3-9-5)6-2-4-10-6/h5-6H,1-4H2. The van der Waals surface area contributed by atoms with Gasteiger partial charge in [0.2, 0.25) is 0 Å². The van der Waals surface area contributed by atoms with Crippen molar-refractivity contribution in [2.45, 2.75) is 22.0 Å². The van der Waals surface area contributed by atoms with Crippen molar-refractivity contribution in [2.75, 3.05) is 11.5 Å². The van der Waals surface area contributed by atoms with E-state index in [4.69, 9.17) is 0 Å². The Balaban J connectivity index is 2.07. The summed E-state index contributed by atoms with van der Waals surface area (Å²) in [6.45, 7) is 0. The molecule has 2 aliphatic rings. The molecular formula is C6H10O2S3. The van der Waals surface area contributed by atoms with Gasteiger partial charge in [0.1, 0.15) is 9.16 Å². The predicted molar refractivity (Wildman–Crippen MR) is 50.6 cm³/mol. The van der Waals surface area contributed by atoms with E-state index >= 15 is 0 Å². The molecule has 0 aromatic heterocycles. The Labute approximate surface area is 75.4 Å². The monoisotopic (exact) mass is 210 g/mol. The van der Waals surface area contributed by atoms with Gasteiger partial charge in [0.05, 0.1) is 0 Å². The molecular weight excluding hydrogens is 200 g/mol. The molecule has 0 aromatic carbocycles. The molecule has 0 spiro atoms. The van der Waals surface area contributed by atoms with Crippen LogP contribution in [0.2, 0.25) is 0 Å². The molecule has 0 bridgehead atoms. The van der Waals surface area contributed by atoms with Gasteiger partial charge in [-0.1, -0.05) is 0 Å². The molecule has 64 valence electrons. The predicted octanol–water partition coefficient (Wildman–Crippen LogP) is 1.33. The maximum absolute atomic E-state index is 11.6. The first kappa shape index (κ1) is 8.26. The van der Waals surface area contributed by atoms with E-state index in [0.29, 0.717) is 0 Å². The fraction of sp³-hybridized carbons (Fsp3) is 1.00. The molecule has 2 unspecified atom stereocenters. The minimum absolute atomic E-state index is 0.0553. The van der Waals surface area contributed by atoms with Crippen LogP contribution in [0, 0.1) is 0 Å². The number of rotatable bonds is 2. The van der Waals surface area contributed by atoms with E-state index in [0.717, 1.165) is 24.3 Å². The molecule has 2 fully saturated rings. The van der Waals surface area contributed by atoms with Gasteiger partial charge in [-0.25, -0.2) is 8.42 Å². The van der Waals surface area contributed by atoms with Crippen LogP contribution in [0.15, 0.2) is 0 Å². The van der Waals surface area contributed by atoms with Crippen molar-refractivity contribution in [3.8, 4) is 0 Å². The van der Waals surface area contributed by atoms with Crippen LogP contribution in [0.3, 0.4) is 0 Å². The topological polar surface area (TPSA) is 34.1 Å². The zero-order valence-electron chi connectivity index (χ0n) is 6.02. The summed E-state index contributed by atoms with van der Waals surface area (Å²) in [4.78, 5) is 0. The van der Waals surface area contributed by atoms with Crippen LogP contribution in [0.25, 0.3) is 0 Å². The van der Waals surface area contributed by atoms with Gasteiger partial charge in [0.15, 0.2) is 9.84 Å². The summed E-state index contributed by atoms with van der Waals surface area (Å²) < 4.78 is 23.0. The second-order valence-corrected chi connectivity index (χ2v) is 8.30. The van der Waals surface area contributed by atoms with Gasteiger partial charge in [-0.05, 0) is 24.3 Å². The molecule has 0 saturated carbocycles. The Hall–Kier alpha value is 0.650. The van der Waals surface area contributed by atoms with Gasteiger partial charge in [-0.2, -0.15) is 0 Å². The third-order valence-electron chi connectivity index (χ3n) is 2.05. The van der Waals surface area contributed by atoms with E-state index in [1.807, 2.05) is 0 Å². The quantitative estimate of drug-likeness (QED) is 0.688. The summed E-state index contributed by atoms with van der Waals surface area (Å²) in [6, 6.07) is 0. The van der Waals surface area contributed by atoms with Crippen molar-refractivity contribution in [1.82, 2.24) is 0 Å². The fourth-order valence-electron chi connectivity index (χ4n) is 1.12.